The Bertz CT molecular complexity index is 716. The molecule has 138 valence electrons. The third kappa shape index (κ3) is 5.51. The molecule has 2 aromatic rings. The standard InChI is InChI=1S/C20H24N2O4/c1-3-26-17-11-9-16(10-12-17)19(15-7-5-4-6-8-15)21-20(25)22(2)14-13-18(23)24/h4-12,19H,3,13-14H2,1-2H3,(H,21,25)(H,23,24). The average Bonchev–Trinajstić information content (AvgIpc) is 2.65. The largest absolute Gasteiger partial charge is 0.494 e. The molecular formula is C20H24N2O4. The molecule has 1 atom stereocenters. The summed E-state index contributed by atoms with van der Waals surface area (Å²) >= 11 is 0. The van der Waals surface area contributed by atoms with Crippen LogP contribution in [0.1, 0.15) is 30.5 Å². The van der Waals surface area contributed by atoms with Crippen LogP contribution in [0.15, 0.2) is 54.6 Å². The number of hydrogen-bond acceptors (Lipinski definition) is 3. The number of rotatable bonds is 8. The van der Waals surface area contributed by atoms with Gasteiger partial charge in [-0.25, -0.2) is 4.79 Å². The molecule has 26 heavy (non-hydrogen) atoms. The van der Waals surface area contributed by atoms with E-state index in [-0.39, 0.29) is 25.0 Å². The van der Waals surface area contributed by atoms with E-state index < -0.39 is 5.97 Å². The van der Waals surface area contributed by atoms with Crippen molar-refractivity contribution in [1.29, 1.82) is 0 Å². The van der Waals surface area contributed by atoms with Crippen LogP contribution in [0.4, 0.5) is 4.79 Å². The molecule has 6 heteroatoms. The van der Waals surface area contributed by atoms with Gasteiger partial charge in [-0.3, -0.25) is 4.79 Å². The van der Waals surface area contributed by atoms with E-state index in [9.17, 15) is 9.59 Å². The fourth-order valence-corrected chi connectivity index (χ4v) is 2.53. The molecule has 0 aliphatic carbocycles. The molecule has 0 fully saturated rings. The first-order valence-corrected chi connectivity index (χ1v) is 8.52. The maximum absolute atomic E-state index is 12.5. The Kier molecular flexibility index (Phi) is 7.02. The van der Waals surface area contributed by atoms with Crippen molar-refractivity contribution in [3.63, 3.8) is 0 Å². The van der Waals surface area contributed by atoms with Gasteiger partial charge >= 0.3 is 12.0 Å². The summed E-state index contributed by atoms with van der Waals surface area (Å²) in [5, 5.41) is 11.8. The predicted octanol–water partition coefficient (Wildman–Crippen LogP) is 3.29. The van der Waals surface area contributed by atoms with Gasteiger partial charge in [0.1, 0.15) is 5.75 Å². The molecule has 0 spiro atoms. The number of nitrogens with one attached hydrogen (secondary N) is 1. The predicted molar refractivity (Wildman–Crippen MR) is 99.3 cm³/mol. The van der Waals surface area contributed by atoms with Gasteiger partial charge in [-0.2, -0.15) is 0 Å². The molecule has 1 unspecified atom stereocenters. The summed E-state index contributed by atoms with van der Waals surface area (Å²) in [5.41, 5.74) is 1.86. The van der Waals surface area contributed by atoms with Gasteiger partial charge in [0, 0.05) is 13.6 Å². The van der Waals surface area contributed by atoms with E-state index >= 15 is 0 Å². The van der Waals surface area contributed by atoms with Gasteiger partial charge in [-0.05, 0) is 30.2 Å². The second-order valence-corrected chi connectivity index (χ2v) is 5.86. The zero-order valence-corrected chi connectivity index (χ0v) is 15.0. The molecule has 0 heterocycles. The minimum atomic E-state index is -0.934. The maximum atomic E-state index is 12.5. The molecular weight excluding hydrogens is 332 g/mol. The van der Waals surface area contributed by atoms with Crippen molar-refractivity contribution in [2.24, 2.45) is 0 Å². The molecule has 0 aliphatic heterocycles. The zero-order valence-electron chi connectivity index (χ0n) is 15.0. The van der Waals surface area contributed by atoms with E-state index in [2.05, 4.69) is 5.32 Å². The Morgan fingerprint density at radius 2 is 1.69 bits per heavy atom. The molecule has 2 amide bonds. The highest BCUT2D eigenvalue weighted by molar-refractivity contribution is 5.76. The lowest BCUT2D eigenvalue weighted by Gasteiger charge is -2.24. The van der Waals surface area contributed by atoms with Crippen LogP contribution in [0, 0.1) is 0 Å². The number of carbonyl (C=O) groups is 2. The lowest BCUT2D eigenvalue weighted by molar-refractivity contribution is -0.137. The maximum Gasteiger partial charge on any atom is 0.317 e. The van der Waals surface area contributed by atoms with Crippen molar-refractivity contribution in [2.75, 3.05) is 20.2 Å². The second kappa shape index (κ2) is 9.46. The average molecular weight is 356 g/mol. The Hall–Kier alpha value is -3.02. The van der Waals surface area contributed by atoms with Crippen LogP contribution in [0.25, 0.3) is 0 Å². The van der Waals surface area contributed by atoms with Gasteiger partial charge < -0.3 is 20.1 Å². The van der Waals surface area contributed by atoms with E-state index in [1.165, 1.54) is 4.90 Å². The number of carboxylic acids is 1. The topological polar surface area (TPSA) is 78.9 Å². The minimum absolute atomic E-state index is 0.0943. The summed E-state index contributed by atoms with van der Waals surface area (Å²) in [7, 11) is 1.58. The van der Waals surface area contributed by atoms with Crippen molar-refractivity contribution in [3.8, 4) is 5.75 Å². The first kappa shape index (κ1) is 19.3. The lowest BCUT2D eigenvalue weighted by Crippen LogP contribution is -2.40. The van der Waals surface area contributed by atoms with Crippen LogP contribution >= 0.6 is 0 Å². The third-order valence-corrected chi connectivity index (χ3v) is 3.93. The van der Waals surface area contributed by atoms with Crippen molar-refractivity contribution in [3.05, 3.63) is 65.7 Å². The van der Waals surface area contributed by atoms with Crippen LogP contribution in [-0.4, -0.2) is 42.2 Å². The van der Waals surface area contributed by atoms with Gasteiger partial charge in [-0.1, -0.05) is 42.5 Å². The number of amides is 2. The van der Waals surface area contributed by atoms with Gasteiger partial charge in [0.05, 0.1) is 19.1 Å². The van der Waals surface area contributed by atoms with Gasteiger partial charge in [0.25, 0.3) is 0 Å². The zero-order chi connectivity index (χ0) is 18.9. The fourth-order valence-electron chi connectivity index (χ4n) is 2.53. The minimum Gasteiger partial charge on any atom is -0.494 e. The number of ether oxygens (including phenoxy) is 1. The number of hydrogen-bond donors (Lipinski definition) is 2. The van der Waals surface area contributed by atoms with Crippen LogP contribution in [0.2, 0.25) is 0 Å². The van der Waals surface area contributed by atoms with E-state index in [1.807, 2.05) is 61.5 Å². The number of urea groups is 1. The molecule has 0 aliphatic rings. The van der Waals surface area contributed by atoms with Crippen molar-refractivity contribution in [1.82, 2.24) is 10.2 Å². The second-order valence-electron chi connectivity index (χ2n) is 5.86. The Morgan fingerprint density at radius 1 is 1.08 bits per heavy atom. The van der Waals surface area contributed by atoms with Crippen molar-refractivity contribution >= 4 is 12.0 Å². The Labute approximate surface area is 153 Å². The molecule has 0 bridgehead atoms. The van der Waals surface area contributed by atoms with Crippen molar-refractivity contribution in [2.45, 2.75) is 19.4 Å². The highest BCUT2D eigenvalue weighted by atomic mass is 16.5. The highest BCUT2D eigenvalue weighted by Gasteiger charge is 2.19. The monoisotopic (exact) mass is 356 g/mol. The number of nitrogens with zero attached hydrogens (tertiary/aromatic N) is 1. The molecule has 2 N–H and O–H groups in total. The SMILES string of the molecule is CCOc1ccc(C(NC(=O)N(C)CCC(=O)O)c2ccccc2)cc1. The first-order valence-electron chi connectivity index (χ1n) is 8.52. The van der Waals surface area contributed by atoms with Gasteiger partial charge in [0.15, 0.2) is 0 Å². The Morgan fingerprint density at radius 3 is 2.27 bits per heavy atom. The molecule has 0 saturated heterocycles. The van der Waals surface area contributed by atoms with E-state index in [4.69, 9.17) is 9.84 Å². The summed E-state index contributed by atoms with van der Waals surface area (Å²) in [6, 6.07) is 16.5. The summed E-state index contributed by atoms with van der Waals surface area (Å²) in [6.45, 7) is 2.66. The number of benzene rings is 2. The lowest BCUT2D eigenvalue weighted by atomic mass is 9.99. The first-order chi connectivity index (χ1) is 12.5. The summed E-state index contributed by atoms with van der Waals surface area (Å²) in [6.07, 6.45) is -0.0943. The van der Waals surface area contributed by atoms with E-state index in [1.54, 1.807) is 7.05 Å². The van der Waals surface area contributed by atoms with Crippen LogP contribution < -0.4 is 10.1 Å². The molecule has 0 saturated carbocycles. The molecule has 6 nitrogen and oxygen atoms in total. The smallest absolute Gasteiger partial charge is 0.317 e. The molecule has 0 aromatic heterocycles. The Balaban J connectivity index is 2.19. The molecule has 2 aromatic carbocycles. The van der Waals surface area contributed by atoms with Crippen LogP contribution in [-0.2, 0) is 4.79 Å². The third-order valence-electron chi connectivity index (χ3n) is 3.93. The highest BCUT2D eigenvalue weighted by Crippen LogP contribution is 2.24. The summed E-state index contributed by atoms with van der Waals surface area (Å²) in [4.78, 5) is 24.6. The quantitative estimate of drug-likeness (QED) is 0.761. The van der Waals surface area contributed by atoms with Crippen molar-refractivity contribution < 1.29 is 19.4 Å². The van der Waals surface area contributed by atoms with Gasteiger partial charge in [-0.15, -0.1) is 0 Å². The van der Waals surface area contributed by atoms with Crippen LogP contribution in [0.5, 0.6) is 5.75 Å². The van der Waals surface area contributed by atoms with Crippen LogP contribution in [0.3, 0.4) is 0 Å². The fraction of sp³-hybridized carbons (Fsp3) is 0.300. The number of carbonyl (C=O) groups excluding carboxylic acids is 1. The van der Waals surface area contributed by atoms with E-state index in [0.717, 1.165) is 16.9 Å². The molecule has 0 radical (unpaired) electrons. The number of aliphatic carboxylic acids is 1. The van der Waals surface area contributed by atoms with Gasteiger partial charge in [0.2, 0.25) is 0 Å². The van der Waals surface area contributed by atoms with E-state index in [0.29, 0.717) is 6.61 Å². The summed E-state index contributed by atoms with van der Waals surface area (Å²) in [5.74, 6) is -0.163. The summed E-state index contributed by atoms with van der Waals surface area (Å²) < 4.78 is 5.47. The number of carboxylic acid groups (broad SMARTS) is 1. The molecule has 2 rings (SSSR count). The normalized spacial score (nSPS) is 11.5.